The van der Waals surface area contributed by atoms with Crippen LogP contribution >= 0.6 is 0 Å². The SMILES string of the molecule is COC(OC)c1ccc(-c2cccc(OC(F)F)c2)cn1. The third-order valence-electron chi connectivity index (χ3n) is 2.85. The van der Waals surface area contributed by atoms with Gasteiger partial charge in [-0.05, 0) is 23.8 Å². The van der Waals surface area contributed by atoms with Crippen molar-refractivity contribution in [2.75, 3.05) is 14.2 Å². The number of pyridine rings is 1. The number of alkyl halides is 2. The monoisotopic (exact) mass is 295 g/mol. The molecule has 0 amide bonds. The van der Waals surface area contributed by atoms with Gasteiger partial charge < -0.3 is 14.2 Å². The highest BCUT2D eigenvalue weighted by Gasteiger charge is 2.11. The lowest BCUT2D eigenvalue weighted by Gasteiger charge is -2.13. The summed E-state index contributed by atoms with van der Waals surface area (Å²) in [5.41, 5.74) is 2.15. The number of hydrogen-bond donors (Lipinski definition) is 0. The lowest BCUT2D eigenvalue weighted by Crippen LogP contribution is -2.05. The normalized spacial score (nSPS) is 11.1. The van der Waals surface area contributed by atoms with Gasteiger partial charge in [0.15, 0.2) is 0 Å². The van der Waals surface area contributed by atoms with Crippen molar-refractivity contribution < 1.29 is 23.0 Å². The molecule has 0 fully saturated rings. The number of hydrogen-bond acceptors (Lipinski definition) is 4. The molecule has 0 atom stereocenters. The fraction of sp³-hybridized carbons (Fsp3) is 0.267. The van der Waals surface area contributed by atoms with Crippen molar-refractivity contribution in [3.63, 3.8) is 0 Å². The van der Waals surface area contributed by atoms with E-state index in [1.807, 2.05) is 6.07 Å². The lowest BCUT2D eigenvalue weighted by atomic mass is 10.1. The molecular formula is C15H15F2NO3. The maximum atomic E-state index is 12.2. The van der Waals surface area contributed by atoms with Crippen molar-refractivity contribution in [3.8, 4) is 16.9 Å². The minimum absolute atomic E-state index is 0.109. The van der Waals surface area contributed by atoms with E-state index in [4.69, 9.17) is 9.47 Å². The van der Waals surface area contributed by atoms with Crippen LogP contribution in [0.15, 0.2) is 42.6 Å². The van der Waals surface area contributed by atoms with E-state index in [0.29, 0.717) is 5.69 Å². The summed E-state index contributed by atoms with van der Waals surface area (Å²) in [7, 11) is 3.05. The zero-order valence-electron chi connectivity index (χ0n) is 11.6. The fourth-order valence-corrected chi connectivity index (χ4v) is 1.91. The quantitative estimate of drug-likeness (QED) is 0.763. The van der Waals surface area contributed by atoms with Gasteiger partial charge >= 0.3 is 6.61 Å². The zero-order valence-corrected chi connectivity index (χ0v) is 11.6. The molecule has 0 aliphatic heterocycles. The Morgan fingerprint density at radius 1 is 1.00 bits per heavy atom. The maximum Gasteiger partial charge on any atom is 0.387 e. The van der Waals surface area contributed by atoms with Gasteiger partial charge in [0.1, 0.15) is 5.75 Å². The molecule has 4 nitrogen and oxygen atoms in total. The molecule has 0 bridgehead atoms. The standard InChI is InChI=1S/C15H15F2NO3/c1-19-14(20-2)13-7-6-11(9-18-13)10-4-3-5-12(8-10)21-15(16)17/h3-9,14-15H,1-2H3. The molecule has 1 aromatic heterocycles. The van der Waals surface area contributed by atoms with E-state index < -0.39 is 12.9 Å². The Labute approximate surface area is 121 Å². The number of ether oxygens (including phenoxy) is 3. The fourth-order valence-electron chi connectivity index (χ4n) is 1.91. The molecule has 2 aromatic rings. The summed E-state index contributed by atoms with van der Waals surface area (Å²) in [6.45, 7) is -2.84. The Hall–Kier alpha value is -2.05. The third kappa shape index (κ3) is 3.96. The van der Waals surface area contributed by atoms with Gasteiger partial charge in [-0.1, -0.05) is 18.2 Å². The Kier molecular flexibility index (Phi) is 5.19. The average molecular weight is 295 g/mol. The van der Waals surface area contributed by atoms with Crippen LogP contribution in [0.25, 0.3) is 11.1 Å². The van der Waals surface area contributed by atoms with Crippen LogP contribution in [0.3, 0.4) is 0 Å². The third-order valence-corrected chi connectivity index (χ3v) is 2.85. The lowest BCUT2D eigenvalue weighted by molar-refractivity contribution is -0.108. The second-order valence-electron chi connectivity index (χ2n) is 4.18. The molecule has 21 heavy (non-hydrogen) atoms. The summed E-state index contributed by atoms with van der Waals surface area (Å²) in [6, 6.07) is 10.0. The van der Waals surface area contributed by atoms with E-state index in [-0.39, 0.29) is 5.75 Å². The molecule has 1 heterocycles. The van der Waals surface area contributed by atoms with Crippen LogP contribution in [0.4, 0.5) is 8.78 Å². The first-order valence-corrected chi connectivity index (χ1v) is 6.21. The van der Waals surface area contributed by atoms with Crippen LogP contribution in [-0.2, 0) is 9.47 Å². The van der Waals surface area contributed by atoms with Gasteiger partial charge in [0.2, 0.25) is 6.29 Å². The molecule has 0 aliphatic carbocycles. The Balaban J connectivity index is 2.22. The van der Waals surface area contributed by atoms with Gasteiger partial charge in [0, 0.05) is 26.0 Å². The van der Waals surface area contributed by atoms with Crippen LogP contribution in [0, 0.1) is 0 Å². The number of rotatable bonds is 6. The van der Waals surface area contributed by atoms with Gasteiger partial charge in [-0.3, -0.25) is 4.98 Å². The van der Waals surface area contributed by atoms with Crippen LogP contribution in [0.5, 0.6) is 5.75 Å². The van der Waals surface area contributed by atoms with Crippen molar-refractivity contribution in [2.24, 2.45) is 0 Å². The largest absolute Gasteiger partial charge is 0.435 e. The van der Waals surface area contributed by atoms with E-state index in [2.05, 4.69) is 9.72 Å². The predicted molar refractivity (Wildman–Crippen MR) is 73.1 cm³/mol. The Morgan fingerprint density at radius 2 is 1.76 bits per heavy atom. The molecule has 0 saturated carbocycles. The topological polar surface area (TPSA) is 40.6 Å². The number of nitrogens with zero attached hydrogens (tertiary/aromatic N) is 1. The molecule has 0 aliphatic rings. The van der Waals surface area contributed by atoms with E-state index >= 15 is 0 Å². The van der Waals surface area contributed by atoms with E-state index in [1.165, 1.54) is 26.4 Å². The summed E-state index contributed by atoms with van der Waals surface area (Å²) < 4.78 is 39.0. The highest BCUT2D eigenvalue weighted by atomic mass is 19.3. The molecule has 6 heteroatoms. The number of aromatic nitrogens is 1. The molecule has 0 radical (unpaired) electrons. The Morgan fingerprint density at radius 3 is 2.33 bits per heavy atom. The molecule has 0 N–H and O–H groups in total. The molecule has 0 saturated heterocycles. The van der Waals surface area contributed by atoms with Gasteiger partial charge in [0.05, 0.1) is 5.69 Å². The highest BCUT2D eigenvalue weighted by molar-refractivity contribution is 5.64. The van der Waals surface area contributed by atoms with Crippen LogP contribution in [0.2, 0.25) is 0 Å². The molecule has 2 rings (SSSR count). The molecule has 0 spiro atoms. The first-order valence-electron chi connectivity index (χ1n) is 6.21. The van der Waals surface area contributed by atoms with Crippen molar-refractivity contribution in [1.29, 1.82) is 0 Å². The van der Waals surface area contributed by atoms with Crippen molar-refractivity contribution >= 4 is 0 Å². The summed E-state index contributed by atoms with van der Waals surface area (Å²) in [5, 5.41) is 0. The average Bonchev–Trinajstić information content (AvgIpc) is 2.49. The summed E-state index contributed by atoms with van der Waals surface area (Å²) >= 11 is 0. The highest BCUT2D eigenvalue weighted by Crippen LogP contribution is 2.25. The van der Waals surface area contributed by atoms with Crippen molar-refractivity contribution in [3.05, 3.63) is 48.3 Å². The summed E-state index contributed by atoms with van der Waals surface area (Å²) in [5.74, 6) is 0.109. The smallest absolute Gasteiger partial charge is 0.387 e. The molecule has 1 aromatic carbocycles. The number of benzene rings is 1. The minimum atomic E-state index is -2.84. The summed E-state index contributed by atoms with van der Waals surface area (Å²) in [4.78, 5) is 4.25. The first kappa shape index (κ1) is 15.3. The van der Waals surface area contributed by atoms with Crippen molar-refractivity contribution in [2.45, 2.75) is 12.9 Å². The van der Waals surface area contributed by atoms with E-state index in [1.54, 1.807) is 24.4 Å². The molecule has 112 valence electrons. The van der Waals surface area contributed by atoms with Crippen molar-refractivity contribution in [1.82, 2.24) is 4.98 Å². The van der Waals surface area contributed by atoms with Gasteiger partial charge in [0.25, 0.3) is 0 Å². The van der Waals surface area contributed by atoms with Gasteiger partial charge in [-0.2, -0.15) is 8.78 Å². The number of halogens is 2. The minimum Gasteiger partial charge on any atom is -0.435 e. The number of methoxy groups -OCH3 is 2. The van der Waals surface area contributed by atoms with Gasteiger partial charge in [-0.15, -0.1) is 0 Å². The second-order valence-corrected chi connectivity index (χ2v) is 4.18. The predicted octanol–water partition coefficient (Wildman–Crippen LogP) is 3.64. The molecular weight excluding hydrogens is 280 g/mol. The first-order chi connectivity index (χ1) is 10.1. The van der Waals surface area contributed by atoms with Crippen LogP contribution in [0.1, 0.15) is 12.0 Å². The molecule has 0 unspecified atom stereocenters. The Bertz CT molecular complexity index is 571. The van der Waals surface area contributed by atoms with E-state index in [0.717, 1.165) is 11.1 Å². The van der Waals surface area contributed by atoms with Crippen LogP contribution < -0.4 is 4.74 Å². The second kappa shape index (κ2) is 7.10. The maximum absolute atomic E-state index is 12.2. The van der Waals surface area contributed by atoms with E-state index in [9.17, 15) is 8.78 Å². The summed E-state index contributed by atoms with van der Waals surface area (Å²) in [6.07, 6.45) is 1.09. The zero-order chi connectivity index (χ0) is 15.2. The van der Waals surface area contributed by atoms with Crippen LogP contribution in [-0.4, -0.2) is 25.8 Å². The van der Waals surface area contributed by atoms with Gasteiger partial charge in [-0.25, -0.2) is 0 Å².